The first-order valence-corrected chi connectivity index (χ1v) is 5.60. The van der Waals surface area contributed by atoms with Crippen molar-refractivity contribution >= 4 is 12.0 Å². The maximum atomic E-state index is 11.5. The van der Waals surface area contributed by atoms with Gasteiger partial charge in [0, 0.05) is 12.5 Å². The smallest absolute Gasteiger partial charge is 0.326 e. The number of carbonyl (C=O) groups excluding carboxylic acids is 1. The average Bonchev–Trinajstić information content (AvgIpc) is 2.15. The summed E-state index contributed by atoms with van der Waals surface area (Å²) in [4.78, 5) is 22.4. The summed E-state index contributed by atoms with van der Waals surface area (Å²) in [6.07, 6.45) is 5.91. The monoisotopic (exact) mass is 240 g/mol. The SMILES string of the molecule is C#CCC(C)NC(=O)N[C@@H](CC(C)C)C(=O)O. The molecule has 2 amide bonds. The van der Waals surface area contributed by atoms with Crippen LogP contribution in [-0.2, 0) is 4.79 Å². The van der Waals surface area contributed by atoms with E-state index < -0.39 is 18.0 Å². The Bertz CT molecular complexity index is 307. The van der Waals surface area contributed by atoms with Gasteiger partial charge >= 0.3 is 12.0 Å². The lowest BCUT2D eigenvalue weighted by Gasteiger charge is -2.18. The quantitative estimate of drug-likeness (QED) is 0.610. The zero-order valence-electron chi connectivity index (χ0n) is 10.5. The second kappa shape index (κ2) is 7.55. The van der Waals surface area contributed by atoms with E-state index in [2.05, 4.69) is 16.6 Å². The number of carbonyl (C=O) groups is 2. The topological polar surface area (TPSA) is 78.4 Å². The van der Waals surface area contributed by atoms with Crippen LogP contribution in [-0.4, -0.2) is 29.2 Å². The number of carboxylic acids is 1. The number of terminal acetylenes is 1. The molecule has 0 bridgehead atoms. The summed E-state index contributed by atoms with van der Waals surface area (Å²) in [6, 6.07) is -1.54. The number of hydrogen-bond acceptors (Lipinski definition) is 2. The molecular formula is C12H20N2O3. The Morgan fingerprint density at radius 1 is 1.29 bits per heavy atom. The Labute approximate surface area is 102 Å². The number of urea groups is 1. The van der Waals surface area contributed by atoms with Gasteiger partial charge in [-0.15, -0.1) is 12.3 Å². The van der Waals surface area contributed by atoms with Crippen LogP contribution in [0, 0.1) is 18.3 Å². The fourth-order valence-electron chi connectivity index (χ4n) is 1.34. The molecule has 96 valence electrons. The normalized spacial score (nSPS) is 13.6. The Hall–Kier alpha value is -1.70. The van der Waals surface area contributed by atoms with E-state index in [-0.39, 0.29) is 12.0 Å². The lowest BCUT2D eigenvalue weighted by atomic mass is 10.0. The van der Waals surface area contributed by atoms with Crippen molar-refractivity contribution in [1.82, 2.24) is 10.6 Å². The zero-order chi connectivity index (χ0) is 13.4. The van der Waals surface area contributed by atoms with E-state index in [4.69, 9.17) is 11.5 Å². The van der Waals surface area contributed by atoms with Crippen molar-refractivity contribution in [3.05, 3.63) is 0 Å². The molecule has 0 radical (unpaired) electrons. The molecule has 0 saturated heterocycles. The number of hydrogen-bond donors (Lipinski definition) is 3. The zero-order valence-corrected chi connectivity index (χ0v) is 10.5. The summed E-state index contributed by atoms with van der Waals surface area (Å²) in [5.74, 6) is 1.59. The molecule has 0 aliphatic rings. The maximum absolute atomic E-state index is 11.5. The van der Waals surface area contributed by atoms with E-state index in [9.17, 15) is 9.59 Å². The number of aliphatic carboxylic acids is 1. The second-order valence-electron chi connectivity index (χ2n) is 4.45. The minimum Gasteiger partial charge on any atom is -0.480 e. The Morgan fingerprint density at radius 2 is 1.88 bits per heavy atom. The van der Waals surface area contributed by atoms with Crippen molar-refractivity contribution < 1.29 is 14.7 Å². The van der Waals surface area contributed by atoms with Crippen molar-refractivity contribution in [3.8, 4) is 12.3 Å². The minimum atomic E-state index is -1.03. The molecule has 0 saturated carbocycles. The third-order valence-corrected chi connectivity index (χ3v) is 2.11. The maximum Gasteiger partial charge on any atom is 0.326 e. The van der Waals surface area contributed by atoms with Crippen LogP contribution in [0.2, 0.25) is 0 Å². The summed E-state index contributed by atoms with van der Waals surface area (Å²) in [5, 5.41) is 13.9. The lowest BCUT2D eigenvalue weighted by molar-refractivity contribution is -0.139. The van der Waals surface area contributed by atoms with E-state index in [0.29, 0.717) is 12.8 Å². The van der Waals surface area contributed by atoms with Crippen molar-refractivity contribution in [3.63, 3.8) is 0 Å². The summed E-state index contributed by atoms with van der Waals surface area (Å²) in [5.41, 5.74) is 0. The Balaban J connectivity index is 4.22. The molecule has 5 nitrogen and oxygen atoms in total. The van der Waals surface area contributed by atoms with Crippen LogP contribution in [0.25, 0.3) is 0 Å². The van der Waals surface area contributed by atoms with Gasteiger partial charge in [0.25, 0.3) is 0 Å². The molecule has 5 heteroatoms. The highest BCUT2D eigenvalue weighted by molar-refractivity contribution is 5.82. The third kappa shape index (κ3) is 7.23. The van der Waals surface area contributed by atoms with Gasteiger partial charge in [0.2, 0.25) is 0 Å². The summed E-state index contributed by atoms with van der Waals surface area (Å²) < 4.78 is 0. The molecule has 0 aromatic heterocycles. The van der Waals surface area contributed by atoms with E-state index in [1.54, 1.807) is 6.92 Å². The minimum absolute atomic E-state index is 0.173. The highest BCUT2D eigenvalue weighted by Gasteiger charge is 2.21. The predicted molar refractivity (Wildman–Crippen MR) is 65.5 cm³/mol. The standard InChI is InChI=1S/C12H20N2O3/c1-5-6-9(4)13-12(17)14-10(11(15)16)7-8(2)3/h1,8-10H,6-7H2,2-4H3,(H,15,16)(H2,13,14,17)/t9?,10-/m0/s1. The van der Waals surface area contributed by atoms with Crippen molar-refractivity contribution in [2.24, 2.45) is 5.92 Å². The average molecular weight is 240 g/mol. The van der Waals surface area contributed by atoms with Gasteiger partial charge in [-0.2, -0.15) is 0 Å². The first-order valence-electron chi connectivity index (χ1n) is 5.60. The fourth-order valence-corrected chi connectivity index (χ4v) is 1.34. The molecule has 0 aliphatic heterocycles. The number of amides is 2. The molecule has 2 atom stereocenters. The van der Waals surface area contributed by atoms with Crippen LogP contribution in [0.1, 0.15) is 33.6 Å². The largest absolute Gasteiger partial charge is 0.480 e. The number of nitrogens with one attached hydrogen (secondary N) is 2. The highest BCUT2D eigenvalue weighted by atomic mass is 16.4. The van der Waals surface area contributed by atoms with Crippen LogP contribution in [0.15, 0.2) is 0 Å². The van der Waals surface area contributed by atoms with Crippen LogP contribution in [0.4, 0.5) is 4.79 Å². The molecule has 0 spiro atoms. The van der Waals surface area contributed by atoms with Crippen molar-refractivity contribution in [2.45, 2.75) is 45.7 Å². The lowest BCUT2D eigenvalue weighted by Crippen LogP contribution is -2.48. The van der Waals surface area contributed by atoms with Gasteiger partial charge in [0.15, 0.2) is 0 Å². The molecule has 1 unspecified atom stereocenters. The van der Waals surface area contributed by atoms with Gasteiger partial charge in [-0.3, -0.25) is 0 Å². The van der Waals surface area contributed by atoms with E-state index in [1.807, 2.05) is 13.8 Å². The Kier molecular flexibility index (Phi) is 6.80. The molecule has 0 heterocycles. The van der Waals surface area contributed by atoms with Gasteiger partial charge in [0.1, 0.15) is 6.04 Å². The summed E-state index contributed by atoms with van der Waals surface area (Å²) in [6.45, 7) is 5.56. The van der Waals surface area contributed by atoms with Gasteiger partial charge in [0.05, 0.1) is 0 Å². The van der Waals surface area contributed by atoms with Crippen LogP contribution >= 0.6 is 0 Å². The van der Waals surface area contributed by atoms with E-state index in [0.717, 1.165) is 0 Å². The second-order valence-corrected chi connectivity index (χ2v) is 4.45. The first kappa shape index (κ1) is 15.3. The summed E-state index contributed by atoms with van der Waals surface area (Å²) in [7, 11) is 0. The molecule has 3 N–H and O–H groups in total. The van der Waals surface area contributed by atoms with Crippen molar-refractivity contribution in [2.75, 3.05) is 0 Å². The number of rotatable bonds is 6. The Morgan fingerprint density at radius 3 is 2.29 bits per heavy atom. The molecule has 0 aromatic rings. The first-order chi connectivity index (χ1) is 7.86. The van der Waals surface area contributed by atoms with Gasteiger partial charge in [-0.25, -0.2) is 9.59 Å². The molecule has 17 heavy (non-hydrogen) atoms. The molecule has 0 rings (SSSR count). The fraction of sp³-hybridized carbons (Fsp3) is 0.667. The van der Waals surface area contributed by atoms with Crippen LogP contribution < -0.4 is 10.6 Å². The van der Waals surface area contributed by atoms with Gasteiger partial charge in [-0.05, 0) is 19.3 Å². The van der Waals surface area contributed by atoms with Gasteiger partial charge < -0.3 is 15.7 Å². The van der Waals surface area contributed by atoms with Crippen molar-refractivity contribution in [1.29, 1.82) is 0 Å². The summed E-state index contributed by atoms with van der Waals surface area (Å²) >= 11 is 0. The predicted octanol–water partition coefficient (Wildman–Crippen LogP) is 1.20. The number of carboxylic acid groups (broad SMARTS) is 1. The molecule has 0 aromatic carbocycles. The van der Waals surface area contributed by atoms with Crippen LogP contribution in [0.3, 0.4) is 0 Å². The molecule has 0 fully saturated rings. The molecule has 0 aliphatic carbocycles. The van der Waals surface area contributed by atoms with E-state index >= 15 is 0 Å². The van der Waals surface area contributed by atoms with E-state index in [1.165, 1.54) is 0 Å². The highest BCUT2D eigenvalue weighted by Crippen LogP contribution is 2.04. The van der Waals surface area contributed by atoms with Gasteiger partial charge in [-0.1, -0.05) is 13.8 Å². The molecular weight excluding hydrogens is 220 g/mol. The third-order valence-electron chi connectivity index (χ3n) is 2.11. The van der Waals surface area contributed by atoms with Crippen LogP contribution in [0.5, 0.6) is 0 Å².